The maximum absolute atomic E-state index is 13.0. The Morgan fingerprint density at radius 2 is 1.80 bits per heavy atom. The first-order valence-corrected chi connectivity index (χ1v) is 11.9. The van der Waals surface area contributed by atoms with E-state index in [0.29, 0.717) is 10.7 Å². The molecule has 3 amide bonds. The number of imide groups is 1. The lowest BCUT2D eigenvalue weighted by molar-refractivity contribution is -0.121. The number of hydrogen-bond donors (Lipinski definition) is 0. The minimum absolute atomic E-state index is 0.0783. The van der Waals surface area contributed by atoms with Crippen LogP contribution in [0.15, 0.2) is 42.5 Å². The van der Waals surface area contributed by atoms with Crippen molar-refractivity contribution >= 4 is 41.0 Å². The van der Waals surface area contributed by atoms with Gasteiger partial charge in [-0.25, -0.2) is 4.79 Å². The van der Waals surface area contributed by atoms with E-state index in [-0.39, 0.29) is 41.6 Å². The standard InChI is InChI=1S/C26H24ClN3O5/c27-18-6-4-9-20(15-18)29(13-5-12-28)23(31)16-35-26(34)17-10-11-21-22(14-17)25(33)30(24(21)32)19-7-2-1-3-8-19/h4,6,9-11,14-15,19H,1-3,5,7-8,13,16H2. The lowest BCUT2D eigenvalue weighted by Crippen LogP contribution is -2.40. The number of hydrogen-bond acceptors (Lipinski definition) is 6. The van der Waals surface area contributed by atoms with Gasteiger partial charge in [0.2, 0.25) is 0 Å². The van der Waals surface area contributed by atoms with Crippen LogP contribution in [0.1, 0.15) is 69.6 Å². The van der Waals surface area contributed by atoms with Crippen molar-refractivity contribution in [3.05, 3.63) is 64.2 Å². The number of halogens is 1. The minimum Gasteiger partial charge on any atom is -0.452 e. The Kier molecular flexibility index (Phi) is 7.47. The van der Waals surface area contributed by atoms with E-state index >= 15 is 0 Å². The molecule has 0 unspecified atom stereocenters. The molecule has 8 nitrogen and oxygen atoms in total. The van der Waals surface area contributed by atoms with Gasteiger partial charge in [-0.15, -0.1) is 0 Å². The Labute approximate surface area is 208 Å². The maximum atomic E-state index is 13.0. The van der Waals surface area contributed by atoms with Crippen LogP contribution in [-0.2, 0) is 9.53 Å². The number of amides is 3. The van der Waals surface area contributed by atoms with Crippen LogP contribution in [0.25, 0.3) is 0 Å². The van der Waals surface area contributed by atoms with Crippen LogP contribution >= 0.6 is 11.6 Å². The van der Waals surface area contributed by atoms with E-state index in [1.165, 1.54) is 28.0 Å². The van der Waals surface area contributed by atoms with Crippen molar-refractivity contribution in [1.82, 2.24) is 4.90 Å². The van der Waals surface area contributed by atoms with Crippen molar-refractivity contribution in [2.24, 2.45) is 0 Å². The molecule has 1 aliphatic carbocycles. The zero-order chi connectivity index (χ0) is 24.9. The maximum Gasteiger partial charge on any atom is 0.338 e. The quantitative estimate of drug-likeness (QED) is 0.418. The third-order valence-electron chi connectivity index (χ3n) is 6.29. The van der Waals surface area contributed by atoms with Gasteiger partial charge in [0.1, 0.15) is 0 Å². The van der Waals surface area contributed by atoms with Crippen molar-refractivity contribution in [2.45, 2.75) is 44.6 Å². The minimum atomic E-state index is -0.788. The topological polar surface area (TPSA) is 108 Å². The highest BCUT2D eigenvalue weighted by Crippen LogP contribution is 2.31. The number of rotatable bonds is 7. The molecule has 2 aromatic carbocycles. The molecule has 1 fully saturated rings. The Morgan fingerprint density at radius 3 is 2.51 bits per heavy atom. The van der Waals surface area contributed by atoms with E-state index in [1.807, 2.05) is 6.07 Å². The van der Waals surface area contributed by atoms with Crippen molar-refractivity contribution in [1.29, 1.82) is 5.26 Å². The van der Waals surface area contributed by atoms with Crippen LogP contribution in [-0.4, -0.2) is 47.8 Å². The first-order valence-electron chi connectivity index (χ1n) is 11.5. The number of carbonyl (C=O) groups is 4. The molecule has 0 N–H and O–H groups in total. The second kappa shape index (κ2) is 10.7. The largest absolute Gasteiger partial charge is 0.452 e. The summed E-state index contributed by atoms with van der Waals surface area (Å²) in [5.41, 5.74) is 1.01. The number of nitriles is 1. The Hall–Kier alpha value is -3.70. The zero-order valence-corrected chi connectivity index (χ0v) is 19.8. The summed E-state index contributed by atoms with van der Waals surface area (Å²) in [5.74, 6) is -2.04. The van der Waals surface area contributed by atoms with Crippen molar-refractivity contribution in [3.63, 3.8) is 0 Å². The molecular weight excluding hydrogens is 470 g/mol. The molecule has 0 bridgehead atoms. The van der Waals surface area contributed by atoms with Crippen molar-refractivity contribution < 1.29 is 23.9 Å². The molecule has 2 aromatic rings. The fourth-order valence-electron chi connectivity index (χ4n) is 4.55. The summed E-state index contributed by atoms with van der Waals surface area (Å²) >= 11 is 6.02. The second-order valence-corrected chi connectivity index (χ2v) is 8.98. The molecule has 180 valence electrons. The van der Waals surface area contributed by atoms with Crippen LogP contribution < -0.4 is 4.90 Å². The molecule has 0 aromatic heterocycles. The number of esters is 1. The summed E-state index contributed by atoms with van der Waals surface area (Å²) in [6.07, 6.45) is 4.72. The number of anilines is 1. The van der Waals surface area contributed by atoms with Crippen molar-refractivity contribution in [2.75, 3.05) is 18.1 Å². The molecule has 1 aliphatic heterocycles. The highest BCUT2D eigenvalue weighted by atomic mass is 35.5. The molecule has 1 heterocycles. The third kappa shape index (κ3) is 5.20. The lowest BCUT2D eigenvalue weighted by atomic mass is 9.94. The van der Waals surface area contributed by atoms with Gasteiger partial charge in [0.25, 0.3) is 17.7 Å². The van der Waals surface area contributed by atoms with Gasteiger partial charge in [-0.3, -0.25) is 19.3 Å². The van der Waals surface area contributed by atoms with Gasteiger partial charge in [-0.2, -0.15) is 5.26 Å². The number of ether oxygens (including phenoxy) is 1. The lowest BCUT2D eigenvalue weighted by Gasteiger charge is -2.29. The highest BCUT2D eigenvalue weighted by molar-refractivity contribution is 6.31. The third-order valence-corrected chi connectivity index (χ3v) is 6.52. The monoisotopic (exact) mass is 493 g/mol. The Bertz CT molecular complexity index is 1220. The summed E-state index contributed by atoms with van der Waals surface area (Å²) in [4.78, 5) is 53.9. The molecule has 4 rings (SSSR count). The van der Waals surface area contributed by atoms with Gasteiger partial charge in [-0.1, -0.05) is 36.9 Å². The van der Waals surface area contributed by atoms with E-state index in [1.54, 1.807) is 24.3 Å². The predicted molar refractivity (Wildman–Crippen MR) is 128 cm³/mol. The fourth-order valence-corrected chi connectivity index (χ4v) is 4.73. The molecule has 1 saturated carbocycles. The smallest absolute Gasteiger partial charge is 0.338 e. The van der Waals surface area contributed by atoms with Gasteiger partial charge in [0.05, 0.1) is 29.2 Å². The average Bonchev–Trinajstić information content (AvgIpc) is 3.12. The summed E-state index contributed by atoms with van der Waals surface area (Å²) in [7, 11) is 0. The Morgan fingerprint density at radius 1 is 1.06 bits per heavy atom. The number of nitrogens with zero attached hydrogens (tertiary/aromatic N) is 3. The Balaban J connectivity index is 1.45. The van der Waals surface area contributed by atoms with Gasteiger partial charge < -0.3 is 9.64 Å². The number of carbonyl (C=O) groups excluding carboxylic acids is 4. The fraction of sp³-hybridized carbons (Fsp3) is 0.346. The summed E-state index contributed by atoms with van der Waals surface area (Å²) < 4.78 is 5.21. The second-order valence-electron chi connectivity index (χ2n) is 8.54. The molecule has 2 aliphatic rings. The molecule has 0 spiro atoms. The van der Waals surface area contributed by atoms with Crippen LogP contribution in [0, 0.1) is 11.3 Å². The van der Waals surface area contributed by atoms with Crippen LogP contribution in [0.5, 0.6) is 0 Å². The molecular formula is C26H24ClN3O5. The zero-order valence-electron chi connectivity index (χ0n) is 19.0. The van der Waals surface area contributed by atoms with E-state index in [2.05, 4.69) is 0 Å². The van der Waals surface area contributed by atoms with Gasteiger partial charge in [0.15, 0.2) is 6.61 Å². The number of benzene rings is 2. The SMILES string of the molecule is N#CCCN(C(=O)COC(=O)c1ccc2c(c1)C(=O)N(C1CCCCC1)C2=O)c1cccc(Cl)c1. The van der Waals surface area contributed by atoms with Crippen LogP contribution in [0.4, 0.5) is 5.69 Å². The molecule has 0 atom stereocenters. The first-order chi connectivity index (χ1) is 16.9. The van der Waals surface area contributed by atoms with E-state index in [4.69, 9.17) is 21.6 Å². The van der Waals surface area contributed by atoms with E-state index in [0.717, 1.165) is 32.1 Å². The molecule has 35 heavy (non-hydrogen) atoms. The predicted octanol–water partition coefficient (Wildman–Crippen LogP) is 4.37. The normalized spacial score (nSPS) is 15.5. The van der Waals surface area contributed by atoms with Gasteiger partial charge >= 0.3 is 5.97 Å². The van der Waals surface area contributed by atoms with Crippen LogP contribution in [0.3, 0.4) is 0 Å². The first kappa shape index (κ1) is 24.4. The number of fused-ring (bicyclic) bond motifs is 1. The average molecular weight is 494 g/mol. The summed E-state index contributed by atoms with van der Waals surface area (Å²) in [6.45, 7) is -0.450. The van der Waals surface area contributed by atoms with E-state index in [9.17, 15) is 19.2 Å². The van der Waals surface area contributed by atoms with Crippen LogP contribution in [0.2, 0.25) is 5.02 Å². The van der Waals surface area contributed by atoms with Gasteiger partial charge in [-0.05, 0) is 49.2 Å². The molecule has 0 saturated heterocycles. The van der Waals surface area contributed by atoms with Gasteiger partial charge in [0, 0.05) is 23.3 Å². The van der Waals surface area contributed by atoms with Crippen molar-refractivity contribution in [3.8, 4) is 6.07 Å². The summed E-state index contributed by atoms with van der Waals surface area (Å²) in [6, 6.07) is 12.7. The highest BCUT2D eigenvalue weighted by Gasteiger charge is 2.40. The van der Waals surface area contributed by atoms with E-state index < -0.39 is 24.4 Å². The molecule has 9 heteroatoms. The molecule has 0 radical (unpaired) electrons. The summed E-state index contributed by atoms with van der Waals surface area (Å²) in [5, 5.41) is 9.35.